The number of halogens is 6. The lowest BCUT2D eigenvalue weighted by Crippen LogP contribution is -2.64. The highest BCUT2D eigenvalue weighted by molar-refractivity contribution is 7.85. The molecule has 4 rings (SSSR count). The quantitative estimate of drug-likeness (QED) is 0.235. The lowest BCUT2D eigenvalue weighted by Gasteiger charge is -2.38. The molecule has 32 heavy (non-hydrogen) atoms. The predicted octanol–water partition coefficient (Wildman–Crippen LogP) is 0.872. The Labute approximate surface area is 176 Å². The van der Waals surface area contributed by atoms with Crippen molar-refractivity contribution < 1.29 is 67.8 Å². The van der Waals surface area contributed by atoms with Crippen LogP contribution in [0.3, 0.4) is 0 Å². The van der Waals surface area contributed by atoms with Crippen molar-refractivity contribution in [2.75, 3.05) is 19.0 Å². The number of hydrogen-bond acceptors (Lipinski definition) is 8. The molecule has 0 aromatic rings. The smallest absolute Gasteiger partial charge is 0.438 e. The third-order valence-corrected chi connectivity index (χ3v) is 7.04. The second-order valence-electron chi connectivity index (χ2n) is 8.24. The molecule has 0 radical (unpaired) electrons. The van der Waals surface area contributed by atoms with Gasteiger partial charge in [0.2, 0.25) is 0 Å². The van der Waals surface area contributed by atoms with Crippen LogP contribution in [0.15, 0.2) is 0 Å². The first kappa shape index (κ1) is 23.5. The van der Waals surface area contributed by atoms with Gasteiger partial charge in [0.25, 0.3) is 10.1 Å². The van der Waals surface area contributed by atoms with E-state index in [0.29, 0.717) is 6.61 Å². The number of hydrogen-bond donors (Lipinski definition) is 1. The number of carbonyl (C=O) groups is 2. The van der Waals surface area contributed by atoms with Crippen LogP contribution in [0.4, 0.5) is 26.3 Å². The van der Waals surface area contributed by atoms with Gasteiger partial charge in [-0.1, -0.05) is 0 Å². The maximum Gasteiger partial charge on any atom is 0.438 e. The van der Waals surface area contributed by atoms with Crippen LogP contribution in [0.5, 0.6) is 0 Å². The first-order valence-corrected chi connectivity index (χ1v) is 10.9. The molecule has 0 spiro atoms. The summed E-state index contributed by atoms with van der Waals surface area (Å²) in [7, 11) is -5.92. The van der Waals surface area contributed by atoms with Crippen LogP contribution < -0.4 is 0 Å². The first-order chi connectivity index (χ1) is 14.6. The minimum absolute atomic E-state index is 0.0200. The van der Waals surface area contributed by atoms with Crippen molar-refractivity contribution in [2.24, 2.45) is 23.7 Å². The third-order valence-electron chi connectivity index (χ3n) is 6.27. The van der Waals surface area contributed by atoms with Crippen LogP contribution in [0.25, 0.3) is 0 Å². The number of epoxide rings is 1. The molecule has 1 N–H and O–H groups in total. The zero-order chi connectivity index (χ0) is 23.9. The Morgan fingerprint density at radius 1 is 1.12 bits per heavy atom. The van der Waals surface area contributed by atoms with Crippen molar-refractivity contribution in [1.29, 1.82) is 0 Å². The van der Waals surface area contributed by atoms with Crippen LogP contribution in [0, 0.1) is 23.7 Å². The standard InChI is InChI=1S/C16H16F6O9S/c17-15(18,19)14(16(20,21)22,4-32(25,26)27)31-13(24)9-6-1-7-8(9)12(23)30-11(7)10(6)29-3-5-2-28-5/h5-11H,1-4H2,(H,25,26,27). The molecule has 2 saturated carbocycles. The predicted molar refractivity (Wildman–Crippen MR) is 85.3 cm³/mol. The molecule has 0 amide bonds. The van der Waals surface area contributed by atoms with Gasteiger partial charge in [-0.25, -0.2) is 0 Å². The Kier molecular flexibility index (Phi) is 5.27. The summed E-state index contributed by atoms with van der Waals surface area (Å²) in [5.74, 6) is -10.8. The Morgan fingerprint density at radius 3 is 2.22 bits per heavy atom. The second kappa shape index (κ2) is 7.17. The average molecular weight is 498 g/mol. The molecule has 7 unspecified atom stereocenters. The summed E-state index contributed by atoms with van der Waals surface area (Å²) in [5.41, 5.74) is -5.54. The van der Waals surface area contributed by atoms with E-state index in [0.717, 1.165) is 0 Å². The van der Waals surface area contributed by atoms with Gasteiger partial charge >= 0.3 is 29.9 Å². The van der Waals surface area contributed by atoms with E-state index >= 15 is 0 Å². The van der Waals surface area contributed by atoms with Crippen molar-refractivity contribution in [1.82, 2.24) is 0 Å². The summed E-state index contributed by atoms with van der Waals surface area (Å²) in [4.78, 5) is 24.9. The molecule has 2 heterocycles. The van der Waals surface area contributed by atoms with Crippen LogP contribution >= 0.6 is 0 Å². The van der Waals surface area contributed by atoms with Gasteiger partial charge < -0.3 is 18.9 Å². The molecule has 2 bridgehead atoms. The molecule has 2 aliphatic carbocycles. The van der Waals surface area contributed by atoms with Gasteiger partial charge in [0.1, 0.15) is 18.0 Å². The molecular weight excluding hydrogens is 482 g/mol. The maximum absolute atomic E-state index is 13.5. The van der Waals surface area contributed by atoms with Crippen LogP contribution in [-0.2, 0) is 38.7 Å². The van der Waals surface area contributed by atoms with Crippen LogP contribution in [0.1, 0.15) is 6.42 Å². The molecule has 0 aromatic heterocycles. The Morgan fingerprint density at radius 2 is 1.72 bits per heavy atom. The molecule has 16 heteroatoms. The highest BCUT2D eigenvalue weighted by Crippen LogP contribution is 2.60. The third kappa shape index (κ3) is 3.74. The van der Waals surface area contributed by atoms with E-state index in [4.69, 9.17) is 18.8 Å². The minimum Gasteiger partial charge on any atom is -0.459 e. The number of rotatable bonds is 7. The largest absolute Gasteiger partial charge is 0.459 e. The van der Waals surface area contributed by atoms with E-state index in [9.17, 15) is 44.3 Å². The maximum atomic E-state index is 13.5. The summed E-state index contributed by atoms with van der Waals surface area (Å²) in [6.45, 7) is 0.404. The van der Waals surface area contributed by atoms with Gasteiger partial charge in [-0.15, -0.1) is 0 Å². The van der Waals surface area contributed by atoms with Crippen LogP contribution in [-0.4, -0.2) is 80.1 Å². The molecule has 4 fully saturated rings. The molecule has 182 valence electrons. The summed E-state index contributed by atoms with van der Waals surface area (Å²) >= 11 is 0. The number of esters is 2. The second-order valence-corrected chi connectivity index (χ2v) is 9.69. The molecule has 9 nitrogen and oxygen atoms in total. The van der Waals surface area contributed by atoms with E-state index in [1.54, 1.807) is 0 Å². The lowest BCUT2D eigenvalue weighted by molar-refractivity contribution is -0.362. The van der Waals surface area contributed by atoms with Crippen molar-refractivity contribution in [2.45, 2.75) is 42.7 Å². The van der Waals surface area contributed by atoms with Gasteiger partial charge in [-0.05, 0) is 6.42 Å². The zero-order valence-electron chi connectivity index (χ0n) is 15.8. The van der Waals surface area contributed by atoms with Crippen molar-refractivity contribution in [3.8, 4) is 0 Å². The number of fused-ring (bicyclic) bond motifs is 1. The SMILES string of the molecule is O=C(OC(CS(=O)(=O)O)(C(F)(F)F)C(F)(F)F)C1C2CC3C(OC(=O)C31)C2OCC1CO1. The molecule has 0 aromatic carbocycles. The molecule has 2 saturated heterocycles. The monoisotopic (exact) mass is 498 g/mol. The normalized spacial score (nSPS) is 36.3. The van der Waals surface area contributed by atoms with E-state index in [1.165, 1.54) is 0 Å². The van der Waals surface area contributed by atoms with E-state index in [-0.39, 0.29) is 19.1 Å². The Balaban J connectivity index is 1.65. The summed E-state index contributed by atoms with van der Waals surface area (Å²) in [5, 5.41) is 0. The van der Waals surface area contributed by atoms with Gasteiger partial charge in [-0.3, -0.25) is 14.1 Å². The number of carbonyl (C=O) groups excluding carboxylic acids is 2. The van der Waals surface area contributed by atoms with E-state index < -0.39 is 81.6 Å². The first-order valence-electron chi connectivity index (χ1n) is 9.31. The average Bonchev–Trinajstić information content (AvgIpc) is 3.18. The molecule has 4 aliphatic rings. The number of ether oxygens (including phenoxy) is 4. The lowest BCUT2D eigenvalue weighted by atomic mass is 9.78. The molecule has 7 atom stereocenters. The highest BCUT2D eigenvalue weighted by atomic mass is 32.2. The van der Waals surface area contributed by atoms with Gasteiger partial charge in [0.15, 0.2) is 0 Å². The van der Waals surface area contributed by atoms with E-state index in [1.807, 2.05) is 0 Å². The summed E-state index contributed by atoms with van der Waals surface area (Å²) in [6.07, 6.45) is -14.9. The fourth-order valence-electron chi connectivity index (χ4n) is 4.88. The molecule has 2 aliphatic heterocycles. The van der Waals surface area contributed by atoms with Crippen molar-refractivity contribution in [3.63, 3.8) is 0 Å². The van der Waals surface area contributed by atoms with Crippen molar-refractivity contribution in [3.05, 3.63) is 0 Å². The fourth-order valence-corrected chi connectivity index (χ4v) is 5.78. The van der Waals surface area contributed by atoms with Crippen LogP contribution in [0.2, 0.25) is 0 Å². The minimum atomic E-state index is -6.45. The zero-order valence-corrected chi connectivity index (χ0v) is 16.6. The van der Waals surface area contributed by atoms with E-state index in [2.05, 4.69) is 4.74 Å². The van der Waals surface area contributed by atoms with Crippen molar-refractivity contribution >= 4 is 22.1 Å². The van der Waals surface area contributed by atoms with Gasteiger partial charge in [0.05, 0.1) is 31.2 Å². The molecular formula is C16H16F6O9S. The summed E-state index contributed by atoms with van der Waals surface area (Å²) < 4.78 is 131. The topological polar surface area (TPSA) is 129 Å². The highest BCUT2D eigenvalue weighted by Gasteiger charge is 2.77. The number of alkyl halides is 6. The van der Waals surface area contributed by atoms with Gasteiger partial charge in [-0.2, -0.15) is 34.8 Å². The van der Waals surface area contributed by atoms with Gasteiger partial charge in [0, 0.05) is 11.8 Å². The fraction of sp³-hybridized carbons (Fsp3) is 0.875. The summed E-state index contributed by atoms with van der Waals surface area (Å²) in [6, 6.07) is 0. The Bertz CT molecular complexity index is 898. The Hall–Kier alpha value is -1.65.